The minimum absolute atomic E-state index is 0.181. The first kappa shape index (κ1) is 23.1. The molecule has 0 bridgehead atoms. The number of rotatable bonds is 7. The van der Waals surface area contributed by atoms with E-state index in [0.717, 1.165) is 20.6 Å². The van der Waals surface area contributed by atoms with Gasteiger partial charge >= 0.3 is 0 Å². The molecule has 156 valence electrons. The molecule has 0 aliphatic heterocycles. The van der Waals surface area contributed by atoms with Crippen molar-refractivity contribution in [1.29, 1.82) is 0 Å². The van der Waals surface area contributed by atoms with Gasteiger partial charge in [-0.25, -0.2) is 0 Å². The first-order valence-corrected chi connectivity index (χ1v) is 12.4. The van der Waals surface area contributed by atoms with Gasteiger partial charge in [0.2, 0.25) is 5.91 Å². The fourth-order valence-corrected chi connectivity index (χ4v) is 5.45. The molecule has 3 rings (SSSR count). The number of anilines is 1. The van der Waals surface area contributed by atoms with Crippen molar-refractivity contribution < 1.29 is 4.79 Å². The Morgan fingerprint density at radius 1 is 1.00 bits per heavy atom. The molecule has 0 fully saturated rings. The summed E-state index contributed by atoms with van der Waals surface area (Å²) in [6.07, 6.45) is 0. The van der Waals surface area contributed by atoms with Gasteiger partial charge in [0.1, 0.15) is 0 Å². The van der Waals surface area contributed by atoms with Crippen LogP contribution in [-0.4, -0.2) is 27.0 Å². The molecule has 6 nitrogen and oxygen atoms in total. The summed E-state index contributed by atoms with van der Waals surface area (Å²) in [6.45, 7) is 0. The van der Waals surface area contributed by atoms with Crippen LogP contribution >= 0.6 is 70.3 Å². The predicted molar refractivity (Wildman–Crippen MR) is 131 cm³/mol. The molecule has 3 N–H and O–H groups in total. The highest BCUT2D eigenvalue weighted by atomic mass is 35.5. The number of hydrogen-bond donors (Lipinski definition) is 3. The van der Waals surface area contributed by atoms with Crippen molar-refractivity contribution in [2.45, 2.75) is 14.4 Å². The second-order valence-corrected chi connectivity index (χ2v) is 10.3. The van der Waals surface area contributed by atoms with Crippen molar-refractivity contribution >= 4 is 87.0 Å². The number of amides is 1. The van der Waals surface area contributed by atoms with Gasteiger partial charge in [0.15, 0.2) is 13.8 Å². The zero-order valence-electron chi connectivity index (χ0n) is 15.2. The number of aromatic nitrogens is 2. The number of benzene rings is 2. The standard InChI is InChI=1S/C18H15Cl2N5OS4/c19-12-5-7-13(8-6-12)21-16(27)23-22-15(26)10-29-18-25-24-17(30-18)28-9-11-3-1-2-4-14(11)20/h1-8H,9-10H2,(H,22,26)(H2,21,23,27). The summed E-state index contributed by atoms with van der Waals surface area (Å²) in [5.74, 6) is 0.655. The molecule has 0 spiro atoms. The van der Waals surface area contributed by atoms with Crippen LogP contribution in [-0.2, 0) is 10.5 Å². The second-order valence-electron chi connectivity index (χ2n) is 5.64. The Kier molecular flexibility index (Phi) is 9.04. The molecular weight excluding hydrogens is 501 g/mol. The smallest absolute Gasteiger partial charge is 0.248 e. The van der Waals surface area contributed by atoms with Crippen molar-refractivity contribution in [2.24, 2.45) is 0 Å². The summed E-state index contributed by atoms with van der Waals surface area (Å²) < 4.78 is 1.54. The van der Waals surface area contributed by atoms with Crippen LogP contribution < -0.4 is 16.2 Å². The Morgan fingerprint density at radius 2 is 1.70 bits per heavy atom. The number of thioether (sulfide) groups is 2. The first-order chi connectivity index (χ1) is 14.5. The average molecular weight is 517 g/mol. The zero-order chi connectivity index (χ0) is 21.3. The van der Waals surface area contributed by atoms with E-state index in [1.165, 1.54) is 23.1 Å². The number of halogens is 2. The quantitative estimate of drug-likeness (QED) is 0.223. The number of hydrazine groups is 1. The minimum Gasteiger partial charge on any atom is -0.331 e. The lowest BCUT2D eigenvalue weighted by Gasteiger charge is -2.11. The molecule has 1 heterocycles. The molecule has 0 radical (unpaired) electrons. The monoisotopic (exact) mass is 515 g/mol. The van der Waals surface area contributed by atoms with E-state index >= 15 is 0 Å². The molecule has 2 aromatic carbocycles. The van der Waals surface area contributed by atoms with Gasteiger partial charge in [-0.1, -0.05) is 76.3 Å². The Balaban J connectivity index is 1.37. The van der Waals surface area contributed by atoms with E-state index in [4.69, 9.17) is 35.4 Å². The van der Waals surface area contributed by atoms with E-state index in [-0.39, 0.29) is 16.8 Å². The van der Waals surface area contributed by atoms with Gasteiger partial charge in [0, 0.05) is 21.5 Å². The highest BCUT2D eigenvalue weighted by Crippen LogP contribution is 2.32. The normalized spacial score (nSPS) is 10.5. The summed E-state index contributed by atoms with van der Waals surface area (Å²) in [5, 5.41) is 12.8. The van der Waals surface area contributed by atoms with Gasteiger partial charge in [-0.2, -0.15) is 0 Å². The van der Waals surface area contributed by atoms with E-state index in [1.807, 2.05) is 24.3 Å². The maximum Gasteiger partial charge on any atom is 0.248 e. The molecule has 0 saturated carbocycles. The molecule has 30 heavy (non-hydrogen) atoms. The van der Waals surface area contributed by atoms with Crippen molar-refractivity contribution in [3.05, 3.63) is 64.1 Å². The third-order valence-corrected chi connectivity index (χ3v) is 7.50. The van der Waals surface area contributed by atoms with Crippen LogP contribution in [0, 0.1) is 0 Å². The number of hydrogen-bond acceptors (Lipinski definition) is 7. The van der Waals surface area contributed by atoms with Crippen LogP contribution in [0.15, 0.2) is 57.2 Å². The molecule has 3 aromatic rings. The van der Waals surface area contributed by atoms with Gasteiger partial charge in [-0.15, -0.1) is 10.2 Å². The van der Waals surface area contributed by atoms with Crippen molar-refractivity contribution in [3.8, 4) is 0 Å². The summed E-state index contributed by atoms with van der Waals surface area (Å²) in [5.41, 5.74) is 7.00. The number of carbonyl (C=O) groups is 1. The van der Waals surface area contributed by atoms with Gasteiger partial charge in [-0.05, 0) is 48.1 Å². The summed E-state index contributed by atoms with van der Waals surface area (Å²) in [4.78, 5) is 12.0. The highest BCUT2D eigenvalue weighted by molar-refractivity contribution is 8.03. The lowest BCUT2D eigenvalue weighted by Crippen LogP contribution is -2.44. The largest absolute Gasteiger partial charge is 0.331 e. The lowest BCUT2D eigenvalue weighted by molar-refractivity contribution is -0.119. The molecule has 12 heteroatoms. The van der Waals surface area contributed by atoms with Gasteiger partial charge in [-0.3, -0.25) is 15.6 Å². The van der Waals surface area contributed by atoms with E-state index in [2.05, 4.69) is 26.4 Å². The molecule has 0 unspecified atom stereocenters. The van der Waals surface area contributed by atoms with Crippen LogP contribution in [0.4, 0.5) is 5.69 Å². The number of nitrogens with one attached hydrogen (secondary N) is 3. The van der Waals surface area contributed by atoms with Crippen molar-refractivity contribution in [2.75, 3.05) is 11.1 Å². The third kappa shape index (κ3) is 7.60. The molecule has 0 aliphatic carbocycles. The SMILES string of the molecule is O=C(CSc1nnc(SCc2ccccc2Cl)s1)NNC(=S)Nc1ccc(Cl)cc1. The van der Waals surface area contributed by atoms with Crippen molar-refractivity contribution in [3.63, 3.8) is 0 Å². The van der Waals surface area contributed by atoms with Crippen LogP contribution in [0.5, 0.6) is 0 Å². The number of thiocarbonyl (C=S) groups is 1. The van der Waals surface area contributed by atoms with Gasteiger partial charge in [0.25, 0.3) is 0 Å². The number of nitrogens with zero attached hydrogens (tertiary/aromatic N) is 2. The van der Waals surface area contributed by atoms with Gasteiger partial charge < -0.3 is 5.32 Å². The summed E-state index contributed by atoms with van der Waals surface area (Å²) in [6, 6.07) is 14.7. The zero-order valence-corrected chi connectivity index (χ0v) is 20.0. The molecule has 0 saturated heterocycles. The Labute approximate surface area is 201 Å². The Hall–Kier alpha value is -1.56. The van der Waals surface area contributed by atoms with E-state index in [0.29, 0.717) is 15.1 Å². The van der Waals surface area contributed by atoms with Gasteiger partial charge in [0.05, 0.1) is 5.75 Å². The fourth-order valence-electron chi connectivity index (χ4n) is 2.05. The fraction of sp³-hybridized carbons (Fsp3) is 0.111. The predicted octanol–water partition coefficient (Wildman–Crippen LogP) is 5.25. The molecule has 1 amide bonds. The minimum atomic E-state index is -0.235. The Morgan fingerprint density at radius 3 is 2.43 bits per heavy atom. The topological polar surface area (TPSA) is 78.9 Å². The van der Waals surface area contributed by atoms with Crippen LogP contribution in [0.2, 0.25) is 10.0 Å². The molecule has 1 aromatic heterocycles. The second kappa shape index (κ2) is 11.7. The maximum atomic E-state index is 12.0. The molecule has 0 aliphatic rings. The average Bonchev–Trinajstić information content (AvgIpc) is 3.20. The lowest BCUT2D eigenvalue weighted by atomic mass is 10.2. The summed E-state index contributed by atoms with van der Waals surface area (Å²) >= 11 is 21.4. The first-order valence-electron chi connectivity index (χ1n) is 8.43. The highest BCUT2D eigenvalue weighted by Gasteiger charge is 2.10. The van der Waals surface area contributed by atoms with Crippen LogP contribution in [0.1, 0.15) is 5.56 Å². The summed E-state index contributed by atoms with van der Waals surface area (Å²) in [7, 11) is 0. The van der Waals surface area contributed by atoms with Crippen LogP contribution in [0.3, 0.4) is 0 Å². The number of carbonyl (C=O) groups excluding carboxylic acids is 1. The van der Waals surface area contributed by atoms with Crippen molar-refractivity contribution in [1.82, 2.24) is 21.0 Å². The molecule has 0 atom stereocenters. The third-order valence-electron chi connectivity index (χ3n) is 3.44. The van der Waals surface area contributed by atoms with E-state index < -0.39 is 0 Å². The van der Waals surface area contributed by atoms with E-state index in [1.54, 1.807) is 36.0 Å². The van der Waals surface area contributed by atoms with Crippen LogP contribution in [0.25, 0.3) is 0 Å². The maximum absolute atomic E-state index is 12.0. The van der Waals surface area contributed by atoms with E-state index in [9.17, 15) is 4.79 Å². The Bertz CT molecular complexity index is 1020. The molecular formula is C18H15Cl2N5OS4.